The lowest BCUT2D eigenvalue weighted by atomic mass is 10.1. The van der Waals surface area contributed by atoms with Gasteiger partial charge in [-0.3, -0.25) is 4.98 Å². The number of aromatic amines is 1. The highest BCUT2D eigenvalue weighted by Gasteiger charge is 2.14. The van der Waals surface area contributed by atoms with E-state index in [1.165, 1.54) is 0 Å². The minimum Gasteiger partial charge on any atom is -0.494 e. The van der Waals surface area contributed by atoms with Gasteiger partial charge in [-0.05, 0) is 53.3 Å². The van der Waals surface area contributed by atoms with Crippen molar-refractivity contribution in [2.45, 2.75) is 0 Å². The van der Waals surface area contributed by atoms with Crippen LogP contribution in [-0.2, 0) is 0 Å². The van der Waals surface area contributed by atoms with Gasteiger partial charge in [-0.15, -0.1) is 10.2 Å². The highest BCUT2D eigenvalue weighted by Crippen LogP contribution is 2.36. The predicted octanol–water partition coefficient (Wildman–Crippen LogP) is 4.03. The third-order valence-electron chi connectivity index (χ3n) is 5.34. The van der Waals surface area contributed by atoms with Crippen LogP contribution in [0.4, 0.5) is 5.69 Å². The van der Waals surface area contributed by atoms with Crippen molar-refractivity contribution in [3.8, 4) is 17.4 Å². The summed E-state index contributed by atoms with van der Waals surface area (Å²) < 4.78 is 10.8. The Kier molecular flexibility index (Phi) is 4.91. The molecule has 4 aromatic rings. The molecule has 0 amide bonds. The van der Waals surface area contributed by atoms with Crippen LogP contribution in [0.1, 0.15) is 11.1 Å². The smallest absolute Gasteiger partial charge is 0.196 e. The fraction of sp³-hybridized carbons (Fsp3) is 0.0800. The molecule has 0 saturated carbocycles. The quantitative estimate of drug-likeness (QED) is 0.506. The first-order valence-electron chi connectivity index (χ1n) is 9.99. The lowest BCUT2D eigenvalue weighted by molar-refractivity contribution is 0.356. The van der Waals surface area contributed by atoms with E-state index in [1.807, 2.05) is 54.6 Å². The van der Waals surface area contributed by atoms with Gasteiger partial charge >= 0.3 is 0 Å². The van der Waals surface area contributed by atoms with Crippen molar-refractivity contribution < 1.29 is 14.6 Å². The van der Waals surface area contributed by atoms with Crippen LogP contribution in [-0.4, -0.2) is 29.3 Å². The summed E-state index contributed by atoms with van der Waals surface area (Å²) in [5.74, 6) is 1.26. The molecule has 0 fully saturated rings. The van der Waals surface area contributed by atoms with E-state index < -0.39 is 0 Å². The van der Waals surface area contributed by atoms with Gasteiger partial charge in [0.1, 0.15) is 0 Å². The van der Waals surface area contributed by atoms with E-state index in [2.05, 4.69) is 20.2 Å². The number of hydrogen-bond acceptors (Lipinski definition) is 6. The van der Waals surface area contributed by atoms with Gasteiger partial charge in [-0.2, -0.15) is 0 Å². The number of rotatable bonds is 5. The summed E-state index contributed by atoms with van der Waals surface area (Å²) >= 11 is 0. The van der Waals surface area contributed by atoms with Crippen LogP contribution < -0.4 is 19.9 Å². The molecule has 0 aliphatic carbocycles. The van der Waals surface area contributed by atoms with Crippen LogP contribution in [0.3, 0.4) is 0 Å². The van der Waals surface area contributed by atoms with Gasteiger partial charge in [0, 0.05) is 34.6 Å². The van der Waals surface area contributed by atoms with E-state index in [1.54, 1.807) is 32.7 Å². The maximum absolute atomic E-state index is 10.5. The second-order valence-corrected chi connectivity index (χ2v) is 7.26. The Morgan fingerprint density at radius 3 is 2.47 bits per heavy atom. The molecule has 0 atom stereocenters. The zero-order valence-electron chi connectivity index (χ0n) is 17.5. The van der Waals surface area contributed by atoms with Gasteiger partial charge in [0.25, 0.3) is 0 Å². The molecule has 2 aromatic heterocycles. The van der Waals surface area contributed by atoms with Gasteiger partial charge in [0.2, 0.25) is 0 Å². The first-order valence-corrected chi connectivity index (χ1v) is 9.99. The van der Waals surface area contributed by atoms with Gasteiger partial charge in [0.05, 0.1) is 31.1 Å². The Morgan fingerprint density at radius 2 is 1.69 bits per heavy atom. The van der Waals surface area contributed by atoms with Gasteiger partial charge in [0.15, 0.2) is 17.4 Å². The summed E-state index contributed by atoms with van der Waals surface area (Å²) in [5.41, 5.74) is 4.05. The lowest BCUT2D eigenvalue weighted by Gasteiger charge is -2.07. The molecule has 0 radical (unpaired) electrons. The Bertz CT molecular complexity index is 1500. The fourth-order valence-corrected chi connectivity index (χ4v) is 3.71. The van der Waals surface area contributed by atoms with E-state index in [-0.39, 0.29) is 5.88 Å². The molecule has 0 spiro atoms. The normalized spacial score (nSPS) is 13.3. The number of nitrogens with one attached hydrogen (secondary N) is 1. The van der Waals surface area contributed by atoms with Crippen LogP contribution >= 0.6 is 0 Å². The third-order valence-corrected chi connectivity index (χ3v) is 5.34. The number of H-pyrrole nitrogens is 1. The first kappa shape index (κ1) is 19.6. The summed E-state index contributed by atoms with van der Waals surface area (Å²) in [4.78, 5) is 7.02. The monoisotopic (exact) mass is 424 g/mol. The number of benzene rings is 2. The molecule has 5 rings (SSSR count). The number of azo groups is 1. The molecule has 158 valence electrons. The molecule has 2 N–H and O–H groups in total. The zero-order chi connectivity index (χ0) is 22.1. The number of ether oxygens (including phenoxy) is 2. The van der Waals surface area contributed by atoms with Crippen LogP contribution in [0.15, 0.2) is 71.2 Å². The number of aromatic nitrogens is 2. The third kappa shape index (κ3) is 3.50. The fourth-order valence-electron chi connectivity index (χ4n) is 3.71. The molecule has 3 heterocycles. The highest BCUT2D eigenvalue weighted by atomic mass is 16.5. The van der Waals surface area contributed by atoms with Crippen molar-refractivity contribution in [3.63, 3.8) is 0 Å². The topological polar surface area (TPSA) is 92.1 Å². The maximum Gasteiger partial charge on any atom is 0.196 e. The minimum absolute atomic E-state index is 0.0740. The number of fused-ring (bicyclic) bond motifs is 2. The molecular weight excluding hydrogens is 404 g/mol. The summed E-state index contributed by atoms with van der Waals surface area (Å²) in [7, 11) is 3.17. The van der Waals surface area contributed by atoms with Gasteiger partial charge in [-0.25, -0.2) is 0 Å². The number of aromatic hydroxyl groups is 1. The molecular formula is C25H20N4O3. The number of nitrogens with zero attached hydrogens (tertiary/aromatic N) is 3. The van der Waals surface area contributed by atoms with Crippen molar-refractivity contribution >= 4 is 34.4 Å². The standard InChI is InChI=1S/C25H20N4O3/c1-31-23-13-18-19(25(30)27-21(18)14-24(23)32-2)11-16-3-5-17-20(28-29-22(17)12-16)6-4-15-7-9-26-10-8-15/h3-14,27,30H,1-2H3/b6-4+,16-11?. The van der Waals surface area contributed by atoms with E-state index in [4.69, 9.17) is 9.47 Å². The van der Waals surface area contributed by atoms with Crippen LogP contribution in [0, 0.1) is 0 Å². The molecule has 0 bridgehead atoms. The van der Waals surface area contributed by atoms with E-state index in [0.29, 0.717) is 17.1 Å². The lowest BCUT2D eigenvalue weighted by Crippen LogP contribution is -2.08. The molecule has 0 unspecified atom stereocenters. The molecule has 32 heavy (non-hydrogen) atoms. The molecule has 1 aliphatic rings. The molecule has 0 saturated heterocycles. The van der Waals surface area contributed by atoms with Gasteiger partial charge < -0.3 is 19.6 Å². The van der Waals surface area contributed by atoms with Crippen molar-refractivity contribution in [3.05, 3.63) is 82.5 Å². The molecule has 7 nitrogen and oxygen atoms in total. The van der Waals surface area contributed by atoms with Crippen molar-refractivity contribution in [1.82, 2.24) is 9.97 Å². The van der Waals surface area contributed by atoms with E-state index in [0.717, 1.165) is 38.3 Å². The van der Waals surface area contributed by atoms with Crippen molar-refractivity contribution in [2.24, 2.45) is 10.2 Å². The van der Waals surface area contributed by atoms with Crippen molar-refractivity contribution in [1.29, 1.82) is 0 Å². The Labute approximate surface area is 183 Å². The summed E-state index contributed by atoms with van der Waals surface area (Å²) in [6, 6.07) is 13.4. The second-order valence-electron chi connectivity index (χ2n) is 7.26. The first-order chi connectivity index (χ1) is 15.7. The Hall–Kier alpha value is -4.39. The van der Waals surface area contributed by atoms with Crippen LogP contribution in [0.2, 0.25) is 0 Å². The summed E-state index contributed by atoms with van der Waals surface area (Å²) in [5, 5.41) is 21.8. The number of hydrogen-bond donors (Lipinski definition) is 2. The summed E-state index contributed by atoms with van der Waals surface area (Å²) in [6.45, 7) is 0. The average molecular weight is 424 g/mol. The molecule has 2 aromatic carbocycles. The van der Waals surface area contributed by atoms with Gasteiger partial charge in [-0.1, -0.05) is 12.1 Å². The largest absolute Gasteiger partial charge is 0.494 e. The number of methoxy groups -OCH3 is 2. The minimum atomic E-state index is 0.0740. The maximum atomic E-state index is 10.5. The van der Waals surface area contributed by atoms with Crippen molar-refractivity contribution in [2.75, 3.05) is 14.2 Å². The van der Waals surface area contributed by atoms with Crippen LogP contribution in [0.5, 0.6) is 17.4 Å². The van der Waals surface area contributed by atoms with E-state index >= 15 is 0 Å². The van der Waals surface area contributed by atoms with E-state index in [9.17, 15) is 5.11 Å². The predicted molar refractivity (Wildman–Crippen MR) is 124 cm³/mol. The second kappa shape index (κ2) is 8.03. The highest BCUT2D eigenvalue weighted by molar-refractivity contribution is 5.94. The number of pyridine rings is 1. The average Bonchev–Trinajstić information content (AvgIpc) is 3.37. The Morgan fingerprint density at radius 1 is 0.906 bits per heavy atom. The molecule has 7 heteroatoms. The zero-order valence-corrected chi connectivity index (χ0v) is 17.5. The SMILES string of the molecule is COc1cc2[nH]c(O)c(C=c3ccc4c(c3)N=NC=4/C=C/c3ccncc3)c2cc1OC. The Balaban J connectivity index is 1.56. The van der Waals surface area contributed by atoms with Crippen LogP contribution in [0.25, 0.3) is 28.8 Å². The molecule has 1 aliphatic heterocycles. The summed E-state index contributed by atoms with van der Waals surface area (Å²) in [6.07, 6.45) is 9.33.